The van der Waals surface area contributed by atoms with Gasteiger partial charge in [0.1, 0.15) is 0 Å². The maximum atomic E-state index is 2.51. The first-order valence-electron chi connectivity index (χ1n) is 15.6. The summed E-state index contributed by atoms with van der Waals surface area (Å²) in [6.07, 6.45) is 0. The minimum Gasteiger partial charge on any atom is -0.306 e. The fourth-order valence-corrected chi connectivity index (χ4v) is 8.31. The minimum atomic E-state index is -0.461. The highest BCUT2D eigenvalue weighted by Gasteiger charge is 2.48. The zero-order chi connectivity index (χ0) is 29.5. The second-order valence-corrected chi connectivity index (χ2v) is 12.1. The van der Waals surface area contributed by atoms with E-state index in [9.17, 15) is 0 Å². The van der Waals surface area contributed by atoms with Crippen molar-refractivity contribution in [1.29, 1.82) is 0 Å². The molecule has 0 radical (unpaired) electrons. The van der Waals surface area contributed by atoms with E-state index in [0.29, 0.717) is 0 Å². The van der Waals surface area contributed by atoms with Crippen LogP contribution in [0.2, 0.25) is 0 Å². The molecule has 0 spiro atoms. The maximum absolute atomic E-state index is 2.51. The van der Waals surface area contributed by atoms with E-state index >= 15 is 0 Å². The molecule has 0 saturated carbocycles. The van der Waals surface area contributed by atoms with E-state index in [1.165, 1.54) is 72.2 Å². The van der Waals surface area contributed by atoms with Crippen LogP contribution < -0.4 is 4.90 Å². The van der Waals surface area contributed by atoms with Crippen molar-refractivity contribution in [2.45, 2.75) is 5.41 Å². The number of hydrogen-bond donors (Lipinski definition) is 0. The van der Waals surface area contributed by atoms with Crippen LogP contribution in [0.1, 0.15) is 22.3 Å². The summed E-state index contributed by atoms with van der Waals surface area (Å²) in [5.41, 5.74) is 14.6. The van der Waals surface area contributed by atoms with Crippen LogP contribution in [-0.2, 0) is 5.41 Å². The Labute approximate surface area is 262 Å². The molecule has 1 aliphatic carbocycles. The van der Waals surface area contributed by atoms with Crippen molar-refractivity contribution in [1.82, 2.24) is 4.57 Å². The molecule has 0 atom stereocenters. The van der Waals surface area contributed by atoms with E-state index in [2.05, 4.69) is 179 Å². The lowest BCUT2D eigenvalue weighted by Gasteiger charge is -2.37. The lowest BCUT2D eigenvalue weighted by molar-refractivity contribution is 0.768. The number of nitrogens with zero attached hydrogens (tertiary/aromatic N) is 2. The maximum Gasteiger partial charge on any atom is 0.0785 e. The van der Waals surface area contributed by atoms with Crippen LogP contribution in [0.4, 0.5) is 17.1 Å². The molecular formula is C43H28N2. The largest absolute Gasteiger partial charge is 0.306 e. The third kappa shape index (κ3) is 3.08. The van der Waals surface area contributed by atoms with Crippen LogP contribution in [0, 0.1) is 0 Å². The van der Waals surface area contributed by atoms with Crippen molar-refractivity contribution in [2.24, 2.45) is 0 Å². The van der Waals surface area contributed by atoms with Crippen molar-refractivity contribution < 1.29 is 0 Å². The van der Waals surface area contributed by atoms with E-state index in [0.717, 1.165) is 5.69 Å². The van der Waals surface area contributed by atoms with E-state index < -0.39 is 5.41 Å². The normalized spacial score (nSPS) is 13.9. The molecule has 2 aliphatic rings. The third-order valence-electron chi connectivity index (χ3n) is 9.97. The summed E-state index contributed by atoms with van der Waals surface area (Å²) in [6, 6.07) is 62.5. The second kappa shape index (κ2) is 9.07. The smallest absolute Gasteiger partial charge is 0.0785 e. The van der Waals surface area contributed by atoms with Gasteiger partial charge >= 0.3 is 0 Å². The van der Waals surface area contributed by atoms with Crippen LogP contribution in [0.15, 0.2) is 170 Å². The third-order valence-corrected chi connectivity index (χ3v) is 9.97. The number of rotatable bonds is 3. The van der Waals surface area contributed by atoms with Gasteiger partial charge in [0.25, 0.3) is 0 Å². The molecule has 2 heteroatoms. The summed E-state index contributed by atoms with van der Waals surface area (Å²) in [5.74, 6) is 0. The molecule has 1 aliphatic heterocycles. The zero-order valence-electron chi connectivity index (χ0n) is 24.6. The lowest BCUT2D eigenvalue weighted by Crippen LogP contribution is -2.29. The van der Waals surface area contributed by atoms with Gasteiger partial charge in [0, 0.05) is 22.0 Å². The van der Waals surface area contributed by atoms with Crippen LogP contribution in [0.5, 0.6) is 0 Å². The molecule has 0 fully saturated rings. The average molecular weight is 573 g/mol. The number of anilines is 3. The Morgan fingerprint density at radius 3 is 1.80 bits per heavy atom. The summed E-state index contributed by atoms with van der Waals surface area (Å²) in [6.45, 7) is 0. The van der Waals surface area contributed by atoms with Gasteiger partial charge in [-0.3, -0.25) is 0 Å². The van der Waals surface area contributed by atoms with Crippen molar-refractivity contribution in [3.05, 3.63) is 192 Å². The number of benzene rings is 7. The lowest BCUT2D eigenvalue weighted by atomic mass is 9.67. The van der Waals surface area contributed by atoms with Crippen molar-refractivity contribution in [3.8, 4) is 16.8 Å². The molecule has 0 bridgehead atoms. The fraction of sp³-hybridized carbons (Fsp3) is 0.0233. The summed E-state index contributed by atoms with van der Waals surface area (Å²) >= 11 is 0. The van der Waals surface area contributed by atoms with Gasteiger partial charge in [-0.25, -0.2) is 0 Å². The van der Waals surface area contributed by atoms with Gasteiger partial charge in [-0.05, 0) is 58.1 Å². The molecule has 0 amide bonds. The molecule has 210 valence electrons. The Morgan fingerprint density at radius 1 is 0.422 bits per heavy atom. The predicted molar refractivity (Wildman–Crippen MR) is 186 cm³/mol. The Bertz CT molecular complexity index is 2380. The predicted octanol–water partition coefficient (Wildman–Crippen LogP) is 10.9. The van der Waals surface area contributed by atoms with Crippen LogP contribution in [0.25, 0.3) is 38.6 Å². The van der Waals surface area contributed by atoms with Gasteiger partial charge in [-0.15, -0.1) is 0 Å². The summed E-state index contributed by atoms with van der Waals surface area (Å²) in [5, 5.41) is 2.55. The molecule has 45 heavy (non-hydrogen) atoms. The number of para-hydroxylation sites is 3. The molecule has 10 rings (SSSR count). The highest BCUT2D eigenvalue weighted by atomic mass is 15.2. The fourth-order valence-electron chi connectivity index (χ4n) is 8.31. The van der Waals surface area contributed by atoms with E-state index in [4.69, 9.17) is 0 Å². The van der Waals surface area contributed by atoms with Gasteiger partial charge in [0.15, 0.2) is 0 Å². The van der Waals surface area contributed by atoms with Gasteiger partial charge in [-0.1, -0.05) is 140 Å². The summed E-state index contributed by atoms with van der Waals surface area (Å²) in [4.78, 5) is 2.51. The topological polar surface area (TPSA) is 8.17 Å². The van der Waals surface area contributed by atoms with Crippen molar-refractivity contribution >= 4 is 38.9 Å². The van der Waals surface area contributed by atoms with Crippen LogP contribution in [-0.4, -0.2) is 4.57 Å². The zero-order valence-corrected chi connectivity index (χ0v) is 24.6. The van der Waals surface area contributed by atoms with E-state index in [-0.39, 0.29) is 0 Å². The monoisotopic (exact) mass is 572 g/mol. The molecular weight excluding hydrogens is 544 g/mol. The number of fused-ring (bicyclic) bond motifs is 9. The molecule has 0 N–H and O–H groups in total. The van der Waals surface area contributed by atoms with E-state index in [1.807, 2.05) is 0 Å². The number of hydrogen-bond acceptors (Lipinski definition) is 1. The summed E-state index contributed by atoms with van der Waals surface area (Å²) < 4.78 is 2.50. The molecule has 0 unspecified atom stereocenters. The summed E-state index contributed by atoms with van der Waals surface area (Å²) in [7, 11) is 0. The van der Waals surface area contributed by atoms with Crippen molar-refractivity contribution in [2.75, 3.05) is 4.90 Å². The molecule has 7 aromatic carbocycles. The molecule has 2 heterocycles. The number of aromatic nitrogens is 1. The first kappa shape index (κ1) is 24.6. The minimum absolute atomic E-state index is 0.461. The Kier molecular flexibility index (Phi) is 4.95. The Morgan fingerprint density at radius 2 is 1.04 bits per heavy atom. The van der Waals surface area contributed by atoms with Gasteiger partial charge in [0.2, 0.25) is 0 Å². The molecule has 0 saturated heterocycles. The Hall–Kier alpha value is -5.86. The quantitative estimate of drug-likeness (QED) is 0.204. The standard InChI is InChI=1S/C43H28N2/c1-4-15-29(16-5-1)43(30-17-6-2-7-18-30)35-24-12-10-22-34(35)40-36(43)27-28-39-42(40)44(31-19-8-3-9-20-31)38-26-14-23-33-32-21-11-13-25-37(32)45(39)41(33)38/h1-28H. The second-order valence-electron chi connectivity index (χ2n) is 12.1. The first-order chi connectivity index (χ1) is 22.4. The van der Waals surface area contributed by atoms with Gasteiger partial charge in [-0.2, -0.15) is 0 Å². The van der Waals surface area contributed by atoms with E-state index in [1.54, 1.807) is 0 Å². The highest BCUT2D eigenvalue weighted by molar-refractivity contribution is 6.18. The molecule has 2 nitrogen and oxygen atoms in total. The Balaban J connectivity index is 1.43. The highest BCUT2D eigenvalue weighted by Crippen LogP contribution is 2.62. The van der Waals surface area contributed by atoms with Gasteiger partial charge in [0.05, 0.1) is 33.5 Å². The van der Waals surface area contributed by atoms with Crippen LogP contribution in [0.3, 0.4) is 0 Å². The first-order valence-corrected chi connectivity index (χ1v) is 15.6. The van der Waals surface area contributed by atoms with Crippen LogP contribution >= 0.6 is 0 Å². The molecule has 8 aromatic rings. The van der Waals surface area contributed by atoms with Gasteiger partial charge < -0.3 is 9.47 Å². The molecule has 1 aromatic heterocycles. The van der Waals surface area contributed by atoms with Crippen molar-refractivity contribution in [3.63, 3.8) is 0 Å². The average Bonchev–Trinajstić information content (AvgIpc) is 3.62. The SMILES string of the molecule is c1ccc(N2c3c(ccc4c3-c3ccccc3C4(c3ccccc3)c3ccccc3)-n3c4ccccc4c4cccc2c43)cc1.